The Balaban J connectivity index is 1.69. The Hall–Kier alpha value is -2.49. The van der Waals surface area contributed by atoms with Gasteiger partial charge >= 0.3 is 6.30 Å². The molecule has 0 saturated heterocycles. The number of hydrogen-bond acceptors (Lipinski definition) is 3. The predicted octanol–water partition coefficient (Wildman–Crippen LogP) is 3.72. The molecule has 3 rings (SSSR count). The van der Waals surface area contributed by atoms with Crippen LogP contribution in [0.1, 0.15) is 35.4 Å². The minimum absolute atomic E-state index is 0.0269. The first-order valence-electron chi connectivity index (χ1n) is 6.86. The molecule has 7 heteroatoms. The van der Waals surface area contributed by atoms with Crippen molar-refractivity contribution in [3.63, 3.8) is 0 Å². The summed E-state index contributed by atoms with van der Waals surface area (Å²) in [6.45, 7) is 0.212. The van der Waals surface area contributed by atoms with Crippen LogP contribution >= 0.6 is 0 Å². The largest absolute Gasteiger partial charge is 0.504 e. The van der Waals surface area contributed by atoms with Crippen molar-refractivity contribution in [2.45, 2.75) is 31.6 Å². The lowest BCUT2D eigenvalue weighted by Gasteiger charge is -2.08. The fraction of sp³-hybridized carbons (Fsp3) is 0.333. The standard InChI is InChI=1S/C15H13F3N4/c16-15(17,18)22-9-10(8-21-22)7-20-13-3-4-14(11-1-2-11)12(5-13)6-19/h3-5,8-9,11,20H,1-2,7H2. The van der Waals surface area contributed by atoms with Crippen molar-refractivity contribution < 1.29 is 13.2 Å². The molecule has 1 heterocycles. The molecule has 2 aromatic rings. The second-order valence-corrected chi connectivity index (χ2v) is 5.30. The number of anilines is 1. The Morgan fingerprint density at radius 1 is 1.36 bits per heavy atom. The Morgan fingerprint density at radius 2 is 2.14 bits per heavy atom. The first-order chi connectivity index (χ1) is 10.5. The maximum absolute atomic E-state index is 12.4. The summed E-state index contributed by atoms with van der Waals surface area (Å²) < 4.78 is 37.3. The molecule has 114 valence electrons. The van der Waals surface area contributed by atoms with Crippen molar-refractivity contribution in [1.29, 1.82) is 5.26 Å². The van der Waals surface area contributed by atoms with Crippen LogP contribution in [0.5, 0.6) is 0 Å². The third-order valence-corrected chi connectivity index (χ3v) is 3.58. The van der Waals surface area contributed by atoms with Gasteiger partial charge in [-0.2, -0.15) is 15.0 Å². The number of benzene rings is 1. The average molecular weight is 306 g/mol. The molecule has 0 spiro atoms. The van der Waals surface area contributed by atoms with Crippen molar-refractivity contribution >= 4 is 5.69 Å². The van der Waals surface area contributed by atoms with Gasteiger partial charge in [0, 0.05) is 24.0 Å². The van der Waals surface area contributed by atoms with Gasteiger partial charge in [0.15, 0.2) is 0 Å². The average Bonchev–Trinajstić information content (AvgIpc) is 3.20. The van der Waals surface area contributed by atoms with Gasteiger partial charge in [-0.1, -0.05) is 6.07 Å². The van der Waals surface area contributed by atoms with Crippen LogP contribution in [-0.4, -0.2) is 9.78 Å². The maximum atomic E-state index is 12.4. The molecule has 0 bridgehead atoms. The molecule has 0 amide bonds. The Bertz CT molecular complexity index is 723. The van der Waals surface area contributed by atoms with Crippen LogP contribution in [0.25, 0.3) is 0 Å². The van der Waals surface area contributed by atoms with Gasteiger partial charge in [0.05, 0.1) is 17.8 Å². The minimum atomic E-state index is -4.50. The molecule has 0 unspecified atom stereocenters. The lowest BCUT2D eigenvalue weighted by molar-refractivity contribution is -0.212. The number of nitrogens with zero attached hydrogens (tertiary/aromatic N) is 3. The highest BCUT2D eigenvalue weighted by atomic mass is 19.4. The van der Waals surface area contributed by atoms with E-state index in [0.29, 0.717) is 22.7 Å². The van der Waals surface area contributed by atoms with Gasteiger partial charge in [-0.3, -0.25) is 0 Å². The maximum Gasteiger partial charge on any atom is 0.504 e. The highest BCUT2D eigenvalue weighted by Gasteiger charge is 2.31. The fourth-order valence-electron chi connectivity index (χ4n) is 2.31. The van der Waals surface area contributed by atoms with E-state index in [1.165, 1.54) is 6.20 Å². The number of halogens is 3. The molecule has 1 N–H and O–H groups in total. The number of aromatic nitrogens is 2. The molecule has 1 fully saturated rings. The second-order valence-electron chi connectivity index (χ2n) is 5.30. The molecule has 0 atom stereocenters. The zero-order valence-electron chi connectivity index (χ0n) is 11.6. The summed E-state index contributed by atoms with van der Waals surface area (Å²) in [6, 6.07) is 7.68. The molecular weight excluding hydrogens is 293 g/mol. The van der Waals surface area contributed by atoms with Crippen LogP contribution in [0.2, 0.25) is 0 Å². The fourth-order valence-corrected chi connectivity index (χ4v) is 2.31. The molecule has 0 aliphatic heterocycles. The van der Waals surface area contributed by atoms with Crippen molar-refractivity contribution in [3.05, 3.63) is 47.3 Å². The van der Waals surface area contributed by atoms with Crippen LogP contribution in [0.15, 0.2) is 30.6 Å². The van der Waals surface area contributed by atoms with Crippen LogP contribution < -0.4 is 5.32 Å². The van der Waals surface area contributed by atoms with E-state index in [-0.39, 0.29) is 11.2 Å². The van der Waals surface area contributed by atoms with Gasteiger partial charge in [-0.25, -0.2) is 0 Å². The quantitative estimate of drug-likeness (QED) is 0.936. The molecule has 1 saturated carbocycles. The monoisotopic (exact) mass is 306 g/mol. The number of nitrogens with one attached hydrogen (secondary N) is 1. The van der Waals surface area contributed by atoms with E-state index in [1.807, 2.05) is 12.1 Å². The van der Waals surface area contributed by atoms with Gasteiger partial charge < -0.3 is 5.32 Å². The topological polar surface area (TPSA) is 53.6 Å². The molecule has 1 aromatic heterocycles. The smallest absolute Gasteiger partial charge is 0.381 e. The minimum Gasteiger partial charge on any atom is -0.381 e. The zero-order valence-corrected chi connectivity index (χ0v) is 11.6. The van der Waals surface area contributed by atoms with Crippen LogP contribution in [0.3, 0.4) is 0 Å². The third kappa shape index (κ3) is 3.06. The number of alkyl halides is 3. The summed E-state index contributed by atoms with van der Waals surface area (Å²) in [7, 11) is 0. The SMILES string of the molecule is N#Cc1cc(NCc2cnn(C(F)(F)F)c2)ccc1C1CC1. The zero-order chi connectivity index (χ0) is 15.7. The van der Waals surface area contributed by atoms with Crippen LogP contribution in [0.4, 0.5) is 18.9 Å². The van der Waals surface area contributed by atoms with E-state index in [0.717, 1.165) is 24.6 Å². The highest BCUT2D eigenvalue weighted by Crippen LogP contribution is 2.42. The van der Waals surface area contributed by atoms with Crippen LogP contribution in [-0.2, 0) is 12.8 Å². The second kappa shape index (κ2) is 5.37. The summed E-state index contributed by atoms with van der Waals surface area (Å²) in [6.07, 6.45) is -0.171. The summed E-state index contributed by atoms with van der Waals surface area (Å²) in [5.41, 5.74) is 2.80. The Morgan fingerprint density at radius 3 is 2.73 bits per heavy atom. The Kier molecular flexibility index (Phi) is 3.53. The van der Waals surface area contributed by atoms with E-state index in [1.54, 1.807) is 6.07 Å². The van der Waals surface area contributed by atoms with E-state index in [9.17, 15) is 18.4 Å². The van der Waals surface area contributed by atoms with Crippen molar-refractivity contribution in [2.24, 2.45) is 0 Å². The van der Waals surface area contributed by atoms with E-state index < -0.39 is 6.30 Å². The normalized spacial score (nSPS) is 14.6. The molecule has 22 heavy (non-hydrogen) atoms. The number of nitriles is 1. The van der Waals surface area contributed by atoms with Crippen molar-refractivity contribution in [2.75, 3.05) is 5.32 Å². The van der Waals surface area contributed by atoms with Gasteiger partial charge in [-0.05, 0) is 36.5 Å². The summed E-state index contributed by atoms with van der Waals surface area (Å²) in [4.78, 5) is 0. The number of rotatable bonds is 4. The molecular formula is C15H13F3N4. The van der Waals surface area contributed by atoms with Crippen molar-refractivity contribution in [3.8, 4) is 6.07 Å². The number of hydrogen-bond donors (Lipinski definition) is 1. The lowest BCUT2D eigenvalue weighted by Crippen LogP contribution is -2.16. The first kappa shape index (κ1) is 14.4. The third-order valence-electron chi connectivity index (χ3n) is 3.58. The van der Waals surface area contributed by atoms with E-state index >= 15 is 0 Å². The summed E-state index contributed by atoms with van der Waals surface area (Å²) >= 11 is 0. The van der Waals surface area contributed by atoms with Gasteiger partial charge in [0.2, 0.25) is 0 Å². The van der Waals surface area contributed by atoms with Crippen LogP contribution in [0, 0.1) is 11.3 Å². The van der Waals surface area contributed by atoms with E-state index in [4.69, 9.17) is 0 Å². The van der Waals surface area contributed by atoms with Gasteiger partial charge in [0.25, 0.3) is 0 Å². The van der Waals surface area contributed by atoms with Gasteiger partial charge in [-0.15, -0.1) is 13.2 Å². The van der Waals surface area contributed by atoms with Crippen molar-refractivity contribution in [1.82, 2.24) is 9.78 Å². The lowest BCUT2D eigenvalue weighted by atomic mass is 10.0. The Labute approximate surface area is 125 Å². The molecule has 0 radical (unpaired) electrons. The summed E-state index contributed by atoms with van der Waals surface area (Å²) in [5.74, 6) is 0.480. The summed E-state index contributed by atoms with van der Waals surface area (Å²) in [5, 5.41) is 15.5. The molecule has 4 nitrogen and oxygen atoms in total. The molecule has 1 aliphatic rings. The van der Waals surface area contributed by atoms with E-state index in [2.05, 4.69) is 16.5 Å². The predicted molar refractivity (Wildman–Crippen MR) is 74.0 cm³/mol. The first-order valence-corrected chi connectivity index (χ1v) is 6.86. The molecule has 1 aromatic carbocycles. The highest BCUT2D eigenvalue weighted by molar-refractivity contribution is 5.54. The molecule has 1 aliphatic carbocycles. The van der Waals surface area contributed by atoms with Gasteiger partial charge in [0.1, 0.15) is 0 Å².